The number of benzene rings is 1. The van der Waals surface area contributed by atoms with Gasteiger partial charge in [0, 0.05) is 25.6 Å². The second kappa shape index (κ2) is 14.4. The van der Waals surface area contributed by atoms with E-state index in [2.05, 4.69) is 19.2 Å². The molecule has 1 aliphatic heterocycles. The van der Waals surface area contributed by atoms with Crippen LogP contribution in [0.25, 0.3) is 0 Å². The zero-order chi connectivity index (χ0) is 25.8. The predicted molar refractivity (Wildman–Crippen MR) is 130 cm³/mol. The smallest absolute Gasteiger partial charge is 0.338 e. The van der Waals surface area contributed by atoms with Crippen LogP contribution in [0, 0.1) is 11.8 Å². The van der Waals surface area contributed by atoms with E-state index in [1.807, 2.05) is 34.6 Å². The summed E-state index contributed by atoms with van der Waals surface area (Å²) in [5, 5.41) is 2.66. The minimum atomic E-state index is -0.832. The Balaban J connectivity index is 0.00000182. The molecule has 2 amide bonds. The van der Waals surface area contributed by atoms with Gasteiger partial charge in [-0.15, -0.1) is 0 Å². The van der Waals surface area contributed by atoms with Gasteiger partial charge in [-0.3, -0.25) is 9.59 Å². The van der Waals surface area contributed by atoms with Gasteiger partial charge in [0.1, 0.15) is 0 Å². The summed E-state index contributed by atoms with van der Waals surface area (Å²) in [6, 6.07) is 5.85. The van der Waals surface area contributed by atoms with E-state index < -0.39 is 30.6 Å². The quantitative estimate of drug-likeness (QED) is 0.544. The lowest BCUT2D eigenvalue weighted by Crippen LogP contribution is -2.37. The average Bonchev–Trinajstić information content (AvgIpc) is 3.03. The van der Waals surface area contributed by atoms with Crippen LogP contribution < -0.4 is 5.32 Å². The average molecular weight is 477 g/mol. The number of rotatable bonds is 9. The summed E-state index contributed by atoms with van der Waals surface area (Å²) in [4.78, 5) is 50.8. The summed E-state index contributed by atoms with van der Waals surface area (Å²) in [5.74, 6) is -1.38. The van der Waals surface area contributed by atoms with Gasteiger partial charge < -0.3 is 19.7 Å². The summed E-state index contributed by atoms with van der Waals surface area (Å²) in [5.41, 5.74) is 0.264. The second-order valence-corrected chi connectivity index (χ2v) is 9.43. The molecule has 0 radical (unpaired) electrons. The van der Waals surface area contributed by atoms with E-state index in [1.54, 1.807) is 4.90 Å². The second-order valence-electron chi connectivity index (χ2n) is 9.43. The number of hydrogen-bond acceptors (Lipinski definition) is 6. The fraction of sp³-hybridized carbons (Fsp3) is 0.615. The number of ether oxygens (including phenoxy) is 2. The van der Waals surface area contributed by atoms with Gasteiger partial charge in [-0.2, -0.15) is 0 Å². The number of carbonyl (C=O) groups is 4. The minimum Gasteiger partial charge on any atom is -0.452 e. The van der Waals surface area contributed by atoms with Crippen LogP contribution in [0.5, 0.6) is 0 Å². The third-order valence-corrected chi connectivity index (χ3v) is 4.83. The first-order valence-electron chi connectivity index (χ1n) is 12.0. The van der Waals surface area contributed by atoms with Gasteiger partial charge in [0.25, 0.3) is 11.8 Å². The van der Waals surface area contributed by atoms with Crippen molar-refractivity contribution in [1.82, 2.24) is 10.2 Å². The van der Waals surface area contributed by atoms with Gasteiger partial charge in [-0.1, -0.05) is 54.0 Å². The number of amides is 2. The topological polar surface area (TPSA) is 102 Å². The van der Waals surface area contributed by atoms with Gasteiger partial charge in [0.2, 0.25) is 0 Å². The third-order valence-electron chi connectivity index (χ3n) is 4.83. The van der Waals surface area contributed by atoms with Crippen molar-refractivity contribution in [3.8, 4) is 0 Å². The third kappa shape index (κ3) is 9.53. The van der Waals surface area contributed by atoms with Crippen LogP contribution in [0.15, 0.2) is 24.3 Å². The number of hydrogen-bond donors (Lipinski definition) is 1. The number of esters is 2. The molecule has 1 fully saturated rings. The molecule has 1 N–H and O–H groups in total. The Morgan fingerprint density at radius 3 is 2.21 bits per heavy atom. The van der Waals surface area contributed by atoms with Crippen LogP contribution in [0.2, 0.25) is 0 Å². The molecule has 2 unspecified atom stereocenters. The Labute approximate surface area is 203 Å². The molecule has 190 valence electrons. The van der Waals surface area contributed by atoms with Crippen LogP contribution in [0.4, 0.5) is 0 Å². The Morgan fingerprint density at radius 1 is 1.06 bits per heavy atom. The molecule has 1 aliphatic rings. The van der Waals surface area contributed by atoms with Crippen LogP contribution >= 0.6 is 0 Å². The maximum Gasteiger partial charge on any atom is 0.338 e. The molecule has 0 bridgehead atoms. The zero-order valence-corrected chi connectivity index (χ0v) is 21.6. The normalized spacial score (nSPS) is 17.3. The van der Waals surface area contributed by atoms with Crippen molar-refractivity contribution in [2.45, 2.75) is 73.5 Å². The molecule has 1 aromatic carbocycles. The van der Waals surface area contributed by atoms with Crippen molar-refractivity contribution in [1.29, 1.82) is 0 Å². The lowest BCUT2D eigenvalue weighted by molar-refractivity contribution is -0.136. The SMILES string of the molecule is CC(C)CNC(=O)COC(=O)c1cccc(C(=O)OC2CC(C)N(CC(C)C)C2=O)c1.CCC. The van der Waals surface area contributed by atoms with E-state index in [0.717, 1.165) is 0 Å². The van der Waals surface area contributed by atoms with Crippen LogP contribution in [-0.4, -0.2) is 60.5 Å². The zero-order valence-electron chi connectivity index (χ0n) is 21.6. The summed E-state index contributed by atoms with van der Waals surface area (Å²) in [6.45, 7) is 14.8. The van der Waals surface area contributed by atoms with Crippen molar-refractivity contribution in [2.24, 2.45) is 11.8 Å². The van der Waals surface area contributed by atoms with Crippen molar-refractivity contribution in [2.75, 3.05) is 19.7 Å². The maximum atomic E-state index is 12.6. The minimum absolute atomic E-state index is 0.00384. The van der Waals surface area contributed by atoms with Gasteiger partial charge in [-0.05, 0) is 37.0 Å². The molecule has 0 aliphatic carbocycles. The summed E-state index contributed by atoms with van der Waals surface area (Å²) in [6.07, 6.45) is 0.853. The molecule has 8 heteroatoms. The predicted octanol–water partition coefficient (Wildman–Crippen LogP) is 3.83. The molecule has 2 rings (SSSR count). The first kappa shape index (κ1) is 29.1. The molecule has 2 atom stereocenters. The highest BCUT2D eigenvalue weighted by Crippen LogP contribution is 2.24. The number of nitrogens with zero attached hydrogens (tertiary/aromatic N) is 1. The molecule has 1 saturated heterocycles. The Bertz CT molecular complexity index is 836. The van der Waals surface area contributed by atoms with Crippen LogP contribution in [-0.2, 0) is 19.1 Å². The van der Waals surface area contributed by atoms with Crippen molar-refractivity contribution in [3.63, 3.8) is 0 Å². The first-order chi connectivity index (χ1) is 16.0. The largest absolute Gasteiger partial charge is 0.452 e. The summed E-state index contributed by atoms with van der Waals surface area (Å²) < 4.78 is 10.4. The highest BCUT2D eigenvalue weighted by Gasteiger charge is 2.39. The van der Waals surface area contributed by atoms with Gasteiger partial charge in [0.05, 0.1) is 11.1 Å². The van der Waals surface area contributed by atoms with Crippen molar-refractivity contribution < 1.29 is 28.7 Å². The van der Waals surface area contributed by atoms with Gasteiger partial charge in [-0.25, -0.2) is 9.59 Å². The Hall–Kier alpha value is -2.90. The summed E-state index contributed by atoms with van der Waals surface area (Å²) in [7, 11) is 0. The number of likely N-dealkylation sites (tertiary alicyclic amines) is 1. The first-order valence-corrected chi connectivity index (χ1v) is 12.0. The van der Waals surface area contributed by atoms with E-state index in [1.165, 1.54) is 30.7 Å². The van der Waals surface area contributed by atoms with E-state index in [-0.39, 0.29) is 29.0 Å². The van der Waals surface area contributed by atoms with Gasteiger partial charge >= 0.3 is 11.9 Å². The molecule has 8 nitrogen and oxygen atoms in total. The lowest BCUT2D eigenvalue weighted by Gasteiger charge is -2.23. The standard InChI is InChI=1S/C23H32N2O6.C3H8/c1-14(2)11-24-20(26)13-30-22(28)17-7-6-8-18(10-17)23(29)31-19-9-16(5)25(21(19)27)12-15(3)4;1-3-2/h6-8,10,14-16,19H,9,11-13H2,1-5H3,(H,24,26);3H2,1-2H3. The molecular formula is C26H40N2O6. The van der Waals surface area contributed by atoms with Gasteiger partial charge in [0.15, 0.2) is 12.7 Å². The van der Waals surface area contributed by atoms with Crippen LogP contribution in [0.1, 0.15) is 82.0 Å². The molecule has 0 saturated carbocycles. The number of carbonyl (C=O) groups excluding carboxylic acids is 4. The monoisotopic (exact) mass is 476 g/mol. The molecule has 1 heterocycles. The highest BCUT2D eigenvalue weighted by atomic mass is 16.6. The fourth-order valence-corrected chi connectivity index (χ4v) is 3.26. The van der Waals surface area contributed by atoms with E-state index in [4.69, 9.17) is 9.47 Å². The van der Waals surface area contributed by atoms with E-state index in [0.29, 0.717) is 25.4 Å². The molecule has 0 spiro atoms. The van der Waals surface area contributed by atoms with Crippen LogP contribution in [0.3, 0.4) is 0 Å². The summed E-state index contributed by atoms with van der Waals surface area (Å²) >= 11 is 0. The number of nitrogens with one attached hydrogen (secondary N) is 1. The van der Waals surface area contributed by atoms with E-state index >= 15 is 0 Å². The highest BCUT2D eigenvalue weighted by molar-refractivity contribution is 5.97. The lowest BCUT2D eigenvalue weighted by atomic mass is 10.1. The van der Waals surface area contributed by atoms with E-state index in [9.17, 15) is 19.2 Å². The Kier molecular flexibility index (Phi) is 12.3. The molecule has 1 aromatic rings. The molecular weight excluding hydrogens is 436 g/mol. The maximum absolute atomic E-state index is 12.6. The fourth-order valence-electron chi connectivity index (χ4n) is 3.26. The van der Waals surface area contributed by atoms with Crippen molar-refractivity contribution in [3.05, 3.63) is 35.4 Å². The molecule has 34 heavy (non-hydrogen) atoms. The molecule has 0 aromatic heterocycles. The Morgan fingerprint density at radius 2 is 1.65 bits per heavy atom. The van der Waals surface area contributed by atoms with Crippen molar-refractivity contribution >= 4 is 23.8 Å².